The summed E-state index contributed by atoms with van der Waals surface area (Å²) >= 11 is 0. The number of amidine groups is 1. The minimum atomic E-state index is -1.25. The molecule has 0 aromatic carbocycles. The zero-order valence-corrected chi connectivity index (χ0v) is 13.3. The fourth-order valence-corrected chi connectivity index (χ4v) is 3.13. The number of hydrogen-bond donors (Lipinski definition) is 4. The van der Waals surface area contributed by atoms with Gasteiger partial charge in [-0.05, 0) is 6.92 Å². The van der Waals surface area contributed by atoms with Crippen LogP contribution in [0.4, 0.5) is 5.82 Å². The Bertz CT molecular complexity index is 893. The van der Waals surface area contributed by atoms with Gasteiger partial charge in [0.1, 0.15) is 35.6 Å². The van der Waals surface area contributed by atoms with Gasteiger partial charge < -0.3 is 30.4 Å². The van der Waals surface area contributed by atoms with E-state index in [0.29, 0.717) is 28.3 Å². The molecule has 5 N–H and O–H groups in total. The second kappa shape index (κ2) is 5.81. The number of nitrogens with zero attached hydrogens (tertiary/aromatic N) is 6. The Balaban J connectivity index is 1.91. The van der Waals surface area contributed by atoms with Crippen molar-refractivity contribution >= 4 is 22.7 Å². The van der Waals surface area contributed by atoms with Crippen molar-refractivity contribution in [1.82, 2.24) is 14.5 Å². The molecule has 2 aromatic rings. The van der Waals surface area contributed by atoms with Crippen LogP contribution < -0.4 is 5.73 Å². The molecule has 2 aromatic heterocycles. The molecule has 25 heavy (non-hydrogen) atoms. The number of rotatable bonds is 3. The molecule has 0 bridgehead atoms. The number of aliphatic imine (C=N–C) groups is 1. The van der Waals surface area contributed by atoms with E-state index in [0.717, 1.165) is 0 Å². The van der Waals surface area contributed by atoms with Crippen LogP contribution in [0.2, 0.25) is 0 Å². The molecule has 0 radical (unpaired) electrons. The van der Waals surface area contributed by atoms with E-state index in [1.165, 1.54) is 0 Å². The second-order valence-electron chi connectivity index (χ2n) is 5.90. The molecule has 132 valence electrons. The first kappa shape index (κ1) is 16.0. The van der Waals surface area contributed by atoms with E-state index in [-0.39, 0.29) is 12.5 Å². The highest BCUT2D eigenvalue weighted by Gasteiger charge is 2.44. The number of nitrogens with two attached hydrogens (primary N) is 1. The topological polar surface area (TPSA) is 164 Å². The lowest BCUT2D eigenvalue weighted by atomic mass is 10.1. The molecular formula is C14H17N7O4. The smallest absolute Gasteiger partial charge is 0.181 e. The van der Waals surface area contributed by atoms with Gasteiger partial charge in [-0.2, -0.15) is 5.11 Å². The van der Waals surface area contributed by atoms with Gasteiger partial charge in [0.05, 0.1) is 17.6 Å². The number of nitrogen functional groups attached to an aromatic ring is 1. The normalized spacial score (nSPS) is 28.9. The average Bonchev–Trinajstić information content (AvgIpc) is 3.27. The van der Waals surface area contributed by atoms with E-state index in [4.69, 9.17) is 10.5 Å². The summed E-state index contributed by atoms with van der Waals surface area (Å²) in [6.07, 6.45) is -2.68. The van der Waals surface area contributed by atoms with E-state index in [2.05, 4.69) is 25.2 Å². The lowest BCUT2D eigenvalue weighted by molar-refractivity contribution is -0.0508. The molecule has 0 unspecified atom stereocenters. The molecule has 0 aliphatic carbocycles. The molecule has 4 atom stereocenters. The third kappa shape index (κ3) is 2.40. The summed E-state index contributed by atoms with van der Waals surface area (Å²) in [5.41, 5.74) is 7.05. The summed E-state index contributed by atoms with van der Waals surface area (Å²) in [6, 6.07) is 0. The lowest BCUT2D eigenvalue weighted by Crippen LogP contribution is -2.33. The highest BCUT2D eigenvalue weighted by molar-refractivity contribution is 6.12. The molecule has 11 nitrogen and oxygen atoms in total. The molecule has 2 aliphatic heterocycles. The number of fused-ring (bicyclic) bond motifs is 1. The van der Waals surface area contributed by atoms with E-state index >= 15 is 0 Å². The van der Waals surface area contributed by atoms with Crippen LogP contribution in [0.1, 0.15) is 17.6 Å². The number of aliphatic hydroxyl groups excluding tert-OH is 3. The summed E-state index contributed by atoms with van der Waals surface area (Å²) in [7, 11) is 0. The van der Waals surface area contributed by atoms with Crippen LogP contribution >= 0.6 is 0 Å². The summed E-state index contributed by atoms with van der Waals surface area (Å²) in [6.45, 7) is 1.50. The molecule has 4 rings (SSSR count). The molecule has 0 saturated carbocycles. The number of ether oxygens (including phenoxy) is 1. The maximum absolute atomic E-state index is 10.3. The summed E-state index contributed by atoms with van der Waals surface area (Å²) in [4.78, 5) is 12.8. The first-order valence-corrected chi connectivity index (χ1v) is 7.70. The van der Waals surface area contributed by atoms with Crippen molar-refractivity contribution in [2.75, 3.05) is 19.0 Å². The van der Waals surface area contributed by atoms with Gasteiger partial charge in [0.25, 0.3) is 0 Å². The molecular weight excluding hydrogens is 330 g/mol. The number of aromatic nitrogens is 3. The van der Waals surface area contributed by atoms with Crippen LogP contribution in [0.15, 0.2) is 21.4 Å². The fraction of sp³-hybridized carbons (Fsp3) is 0.500. The van der Waals surface area contributed by atoms with Crippen LogP contribution in [0.3, 0.4) is 0 Å². The van der Waals surface area contributed by atoms with Crippen molar-refractivity contribution in [2.45, 2.75) is 31.5 Å². The predicted octanol–water partition coefficient (Wildman–Crippen LogP) is -0.897. The number of aryl methyl sites for hydroxylation is 1. The lowest BCUT2D eigenvalue weighted by Gasteiger charge is -2.17. The average molecular weight is 347 g/mol. The quantitative estimate of drug-likeness (QED) is 0.559. The summed E-state index contributed by atoms with van der Waals surface area (Å²) in [5, 5.41) is 38.0. The van der Waals surface area contributed by atoms with Crippen LogP contribution in [0.5, 0.6) is 0 Å². The van der Waals surface area contributed by atoms with Crippen molar-refractivity contribution in [3.05, 3.63) is 17.6 Å². The van der Waals surface area contributed by atoms with Crippen molar-refractivity contribution in [1.29, 1.82) is 0 Å². The summed E-state index contributed by atoms with van der Waals surface area (Å²) in [5.74, 6) is 1.07. The van der Waals surface area contributed by atoms with Gasteiger partial charge in [-0.15, -0.1) is 5.11 Å². The zero-order valence-electron chi connectivity index (χ0n) is 13.3. The van der Waals surface area contributed by atoms with E-state index in [1.54, 1.807) is 17.7 Å². The van der Waals surface area contributed by atoms with E-state index in [1.807, 2.05) is 0 Å². The van der Waals surface area contributed by atoms with Crippen LogP contribution in [-0.2, 0) is 4.74 Å². The predicted molar refractivity (Wildman–Crippen MR) is 85.9 cm³/mol. The minimum Gasteiger partial charge on any atom is -0.394 e. The zero-order chi connectivity index (χ0) is 17.7. The third-order valence-electron chi connectivity index (χ3n) is 4.29. The number of aliphatic hydroxyl groups is 3. The highest BCUT2D eigenvalue weighted by Crippen LogP contribution is 2.35. The molecule has 11 heteroatoms. The van der Waals surface area contributed by atoms with Gasteiger partial charge in [-0.25, -0.2) is 15.0 Å². The van der Waals surface area contributed by atoms with E-state index in [9.17, 15) is 15.3 Å². The van der Waals surface area contributed by atoms with Gasteiger partial charge in [-0.1, -0.05) is 0 Å². The van der Waals surface area contributed by atoms with Gasteiger partial charge >= 0.3 is 0 Å². The largest absolute Gasteiger partial charge is 0.394 e. The Labute approximate surface area is 141 Å². The molecule has 4 heterocycles. The van der Waals surface area contributed by atoms with Crippen molar-refractivity contribution in [3.8, 4) is 0 Å². The monoisotopic (exact) mass is 347 g/mol. The number of anilines is 1. The van der Waals surface area contributed by atoms with Gasteiger partial charge in [0, 0.05) is 6.20 Å². The maximum atomic E-state index is 10.3. The maximum Gasteiger partial charge on any atom is 0.181 e. The standard InChI is InChI=1S/C14H17N7O4/c1-5-18-11(15)8-6(12-16-4-17-20-12)2-21(13(8)19-5)14-10(24)9(23)7(3-22)25-14/h2,7,9-10,14,22-24H,3-4H2,1H3,(H2,15,18,19)/t7-,9-,10-,14-/m1/s1. The molecule has 1 fully saturated rings. The fourth-order valence-electron chi connectivity index (χ4n) is 3.13. The number of azo groups is 1. The second-order valence-corrected chi connectivity index (χ2v) is 5.90. The minimum absolute atomic E-state index is 0.225. The third-order valence-corrected chi connectivity index (χ3v) is 4.29. The molecule has 1 saturated heterocycles. The Morgan fingerprint density at radius 1 is 1.32 bits per heavy atom. The summed E-state index contributed by atoms with van der Waals surface area (Å²) < 4.78 is 7.15. The van der Waals surface area contributed by atoms with Crippen molar-refractivity contribution < 1.29 is 20.1 Å². The van der Waals surface area contributed by atoms with Gasteiger partial charge in [0.2, 0.25) is 0 Å². The van der Waals surface area contributed by atoms with Crippen LogP contribution in [0, 0.1) is 6.92 Å². The Hall–Kier alpha value is -2.47. The Morgan fingerprint density at radius 2 is 2.12 bits per heavy atom. The molecule has 2 aliphatic rings. The first-order chi connectivity index (χ1) is 12.0. The number of hydrogen-bond acceptors (Lipinski definition) is 10. The van der Waals surface area contributed by atoms with Gasteiger partial charge in [-0.3, -0.25) is 0 Å². The van der Waals surface area contributed by atoms with E-state index < -0.39 is 31.1 Å². The first-order valence-electron chi connectivity index (χ1n) is 7.70. The SMILES string of the molecule is Cc1nc(N)c2c(C3=NCN=N3)cn([C@@H]3O[C@H](CO)[C@@H](O)[C@H]3O)c2n1. The Morgan fingerprint density at radius 3 is 2.76 bits per heavy atom. The highest BCUT2D eigenvalue weighted by atomic mass is 16.6. The molecule has 0 amide bonds. The molecule has 0 spiro atoms. The van der Waals surface area contributed by atoms with Gasteiger partial charge in [0.15, 0.2) is 18.7 Å². The Kier molecular flexibility index (Phi) is 3.72. The van der Waals surface area contributed by atoms with Crippen molar-refractivity contribution in [3.63, 3.8) is 0 Å². The van der Waals surface area contributed by atoms with Crippen molar-refractivity contribution in [2.24, 2.45) is 15.2 Å². The van der Waals surface area contributed by atoms with Crippen LogP contribution in [-0.4, -0.2) is 67.3 Å². The van der Waals surface area contributed by atoms with Crippen LogP contribution in [0.25, 0.3) is 11.0 Å².